The number of hydrogen-bond acceptors (Lipinski definition) is 18. The number of para-hydroxylation sites is 1. The van der Waals surface area contributed by atoms with Gasteiger partial charge >= 0.3 is 41.8 Å². The van der Waals surface area contributed by atoms with Crippen molar-refractivity contribution in [3.8, 4) is 5.69 Å². The number of ether oxygens (including phenoxy) is 9. The lowest BCUT2D eigenvalue weighted by Gasteiger charge is -2.45. The molecule has 8 atom stereocenters. The number of rotatable bonds is 15. The predicted molar refractivity (Wildman–Crippen MR) is 165 cm³/mol. The van der Waals surface area contributed by atoms with Crippen LogP contribution < -0.4 is 0 Å². The Labute approximate surface area is 291 Å². The molecule has 2 heterocycles. The lowest BCUT2D eigenvalue weighted by molar-refractivity contribution is -0.329. The summed E-state index contributed by atoms with van der Waals surface area (Å²) in [7, 11) is 0. The maximum Gasteiger partial charge on any atom is 0.303 e. The molecule has 1 aliphatic rings. The van der Waals surface area contributed by atoms with Gasteiger partial charge in [0.25, 0.3) is 0 Å². The van der Waals surface area contributed by atoms with Crippen molar-refractivity contribution in [2.45, 2.75) is 97.5 Å². The van der Waals surface area contributed by atoms with Crippen LogP contribution in [0.4, 0.5) is 0 Å². The lowest BCUT2D eigenvalue weighted by Crippen LogP contribution is -2.64. The molecule has 1 saturated heterocycles. The monoisotopic (exact) mass is 721 g/mol. The number of benzene rings is 1. The zero-order chi connectivity index (χ0) is 37.8. The Kier molecular flexibility index (Phi) is 14.5. The minimum absolute atomic E-state index is 0.0512. The fraction of sp³-hybridized carbons (Fsp3) is 0.531. The number of hydrogen-bond donors (Lipinski definition) is 0. The molecule has 1 aromatic carbocycles. The number of carbonyl (C=O) groups excluding carboxylic acids is 7. The summed E-state index contributed by atoms with van der Waals surface area (Å²) >= 11 is 0. The van der Waals surface area contributed by atoms with Gasteiger partial charge in [0.05, 0.1) is 11.9 Å². The first-order chi connectivity index (χ1) is 24.0. The van der Waals surface area contributed by atoms with Crippen molar-refractivity contribution in [2.24, 2.45) is 0 Å². The molecule has 0 amide bonds. The smallest absolute Gasteiger partial charge is 0.303 e. The second kappa shape index (κ2) is 18.5. The highest BCUT2D eigenvalue weighted by atomic mass is 16.7. The van der Waals surface area contributed by atoms with E-state index in [-0.39, 0.29) is 5.69 Å². The van der Waals surface area contributed by atoms with E-state index in [0.29, 0.717) is 5.69 Å². The summed E-state index contributed by atoms with van der Waals surface area (Å²) in [6.07, 6.45) is -11.8. The van der Waals surface area contributed by atoms with E-state index in [9.17, 15) is 33.6 Å². The molecule has 51 heavy (non-hydrogen) atoms. The van der Waals surface area contributed by atoms with Crippen molar-refractivity contribution >= 4 is 41.8 Å². The zero-order valence-electron chi connectivity index (χ0n) is 28.9. The molecule has 19 nitrogen and oxygen atoms in total. The molecule has 2 aromatic rings. The average molecular weight is 722 g/mol. The Morgan fingerprint density at radius 3 is 1.82 bits per heavy atom. The van der Waals surface area contributed by atoms with Gasteiger partial charge in [0.2, 0.25) is 0 Å². The Balaban J connectivity index is 2.23. The molecule has 0 radical (unpaired) electrons. The molecule has 0 N–H and O–H groups in total. The van der Waals surface area contributed by atoms with E-state index >= 15 is 0 Å². The van der Waals surface area contributed by atoms with Crippen LogP contribution in [0.5, 0.6) is 0 Å². The largest absolute Gasteiger partial charge is 0.463 e. The van der Waals surface area contributed by atoms with Gasteiger partial charge in [0.1, 0.15) is 31.1 Å². The van der Waals surface area contributed by atoms with E-state index < -0.39 is 104 Å². The van der Waals surface area contributed by atoms with Crippen LogP contribution in [-0.4, -0.2) is 113 Å². The topological polar surface area (TPSA) is 233 Å². The van der Waals surface area contributed by atoms with Crippen molar-refractivity contribution in [2.75, 3.05) is 13.2 Å². The summed E-state index contributed by atoms with van der Waals surface area (Å²) in [6, 6.07) is 8.62. The van der Waals surface area contributed by atoms with E-state index in [1.165, 1.54) is 11.0 Å². The van der Waals surface area contributed by atoms with Crippen molar-refractivity contribution in [3.05, 3.63) is 42.2 Å². The lowest BCUT2D eigenvalue weighted by atomic mass is 9.97. The minimum atomic E-state index is -1.84. The van der Waals surface area contributed by atoms with Crippen molar-refractivity contribution in [1.29, 1.82) is 0 Å². The van der Waals surface area contributed by atoms with Crippen molar-refractivity contribution in [3.63, 3.8) is 0 Å². The molecule has 1 aromatic heterocycles. The van der Waals surface area contributed by atoms with Gasteiger partial charge in [-0.25, -0.2) is 0 Å². The molecule has 0 unspecified atom stereocenters. The van der Waals surface area contributed by atoms with Crippen LogP contribution in [0.15, 0.2) is 36.5 Å². The predicted octanol–water partition coefficient (Wildman–Crippen LogP) is 0.835. The van der Waals surface area contributed by atoms with Gasteiger partial charge in [-0.3, -0.25) is 33.6 Å². The van der Waals surface area contributed by atoms with E-state index in [2.05, 4.69) is 10.2 Å². The molecule has 19 heteroatoms. The molecule has 1 fully saturated rings. The van der Waals surface area contributed by atoms with Crippen LogP contribution in [0.2, 0.25) is 0 Å². The van der Waals surface area contributed by atoms with Crippen molar-refractivity contribution in [1.82, 2.24) is 15.0 Å². The van der Waals surface area contributed by atoms with E-state index in [1.54, 1.807) is 30.3 Å². The second-order valence-electron chi connectivity index (χ2n) is 11.0. The summed E-state index contributed by atoms with van der Waals surface area (Å²) in [5, 5.41) is 8.66. The number of carbonyl (C=O) groups is 7. The third-order valence-electron chi connectivity index (χ3n) is 6.75. The van der Waals surface area contributed by atoms with Gasteiger partial charge in [-0.1, -0.05) is 18.2 Å². The third-order valence-corrected chi connectivity index (χ3v) is 6.75. The van der Waals surface area contributed by atoms with E-state index in [4.69, 9.17) is 42.6 Å². The maximum absolute atomic E-state index is 12.6. The molecular weight excluding hydrogens is 682 g/mol. The van der Waals surface area contributed by atoms with Gasteiger partial charge in [-0.15, -0.1) is 5.10 Å². The third kappa shape index (κ3) is 12.1. The van der Waals surface area contributed by atoms with Crippen LogP contribution in [0.3, 0.4) is 0 Å². The highest BCUT2D eigenvalue weighted by Crippen LogP contribution is 2.35. The molecule has 1 aliphatic heterocycles. The minimum Gasteiger partial charge on any atom is -0.463 e. The first-order valence-corrected chi connectivity index (χ1v) is 15.5. The average Bonchev–Trinajstić information content (AvgIpc) is 3.52. The summed E-state index contributed by atoms with van der Waals surface area (Å²) in [5.41, 5.74) is 0.462. The maximum atomic E-state index is 12.6. The number of esters is 7. The van der Waals surface area contributed by atoms with Gasteiger partial charge in [0.15, 0.2) is 36.8 Å². The van der Waals surface area contributed by atoms with Crippen LogP contribution in [0.25, 0.3) is 5.69 Å². The van der Waals surface area contributed by atoms with Gasteiger partial charge in [-0.05, 0) is 12.1 Å². The van der Waals surface area contributed by atoms with Crippen molar-refractivity contribution < 1.29 is 76.2 Å². The van der Waals surface area contributed by atoms with Gasteiger partial charge in [0, 0.05) is 48.5 Å². The number of aromatic nitrogens is 3. The Morgan fingerprint density at radius 2 is 1.27 bits per heavy atom. The Morgan fingerprint density at radius 1 is 0.706 bits per heavy atom. The van der Waals surface area contributed by atoms with Gasteiger partial charge in [-0.2, -0.15) is 9.90 Å². The fourth-order valence-electron chi connectivity index (χ4n) is 4.98. The first-order valence-electron chi connectivity index (χ1n) is 15.5. The molecule has 0 spiro atoms. The first kappa shape index (κ1) is 40.0. The van der Waals surface area contributed by atoms with E-state index in [1.807, 2.05) is 0 Å². The molecular formula is C32H39N3O16. The SMILES string of the molecule is CC(=O)OC[C@H]1O[C@@H](O[C@H]([C@H](OC(C)=O)c2cnn(-c3ccccc3)n2)[C@@H](COC(C)=O)OC(C)=O)[C@@H](OC(C)=O)[C@@H](OC(C)=O)[C@H]1OC(C)=O. The summed E-state index contributed by atoms with van der Waals surface area (Å²) in [6.45, 7) is 6.20. The second-order valence-corrected chi connectivity index (χ2v) is 11.0. The molecule has 3 rings (SSSR count). The molecule has 278 valence electrons. The quantitative estimate of drug-likeness (QED) is 0.183. The van der Waals surface area contributed by atoms with Crippen LogP contribution in [0, 0.1) is 0 Å². The van der Waals surface area contributed by atoms with Crippen LogP contribution >= 0.6 is 0 Å². The number of nitrogens with zero attached hydrogens (tertiary/aromatic N) is 3. The highest BCUT2D eigenvalue weighted by Gasteiger charge is 2.55. The molecule has 0 bridgehead atoms. The summed E-state index contributed by atoms with van der Waals surface area (Å²) in [5.74, 6) is -5.97. The zero-order valence-corrected chi connectivity index (χ0v) is 28.9. The fourth-order valence-corrected chi connectivity index (χ4v) is 4.98. The normalized spacial score (nSPS) is 21.5. The standard InChI is InChI=1S/C32H39N3O16/c1-16(36)43-14-25(45-18(3)38)28(27(46-19(4)39)24-13-33-35(34-24)23-11-9-8-10-12-23)51-32-31(49-22(7)42)30(48-21(6)41)29(47-20(5)40)26(50-32)15-44-17(2)37/h8-13,25-32H,14-15H2,1-7H3/t25-,26-,27-,28+,29+,30+,31+,32+/m1/s1. The Hall–Kier alpha value is -5.43. The summed E-state index contributed by atoms with van der Waals surface area (Å²) in [4.78, 5) is 86.8. The van der Waals surface area contributed by atoms with Crippen LogP contribution in [0.1, 0.15) is 60.3 Å². The van der Waals surface area contributed by atoms with Gasteiger partial charge < -0.3 is 42.6 Å². The Bertz CT molecular complexity index is 1560. The summed E-state index contributed by atoms with van der Waals surface area (Å²) < 4.78 is 50.2. The highest BCUT2D eigenvalue weighted by molar-refractivity contribution is 5.69. The molecule has 0 aliphatic carbocycles. The van der Waals surface area contributed by atoms with E-state index in [0.717, 1.165) is 48.5 Å². The van der Waals surface area contributed by atoms with Crippen LogP contribution in [-0.2, 0) is 76.2 Å². The molecule has 0 saturated carbocycles.